The van der Waals surface area contributed by atoms with E-state index < -0.39 is 5.60 Å². The zero-order valence-corrected chi connectivity index (χ0v) is 13.8. The van der Waals surface area contributed by atoms with Gasteiger partial charge in [-0.25, -0.2) is 4.68 Å². The summed E-state index contributed by atoms with van der Waals surface area (Å²) < 4.78 is 5.80. The standard InChI is InChI=1S/C14H22N6OS/c1-14(2,21)13-8-20(18-17-13)12-6-4-3-5-11(12)15-7-10-9-22-19-16-10/h8-9,11-12,15,21H,3-7H2,1-2H3/t11-,12+/m0/s1. The van der Waals surface area contributed by atoms with Crippen molar-refractivity contribution in [2.75, 3.05) is 0 Å². The number of hydrogen-bond donors (Lipinski definition) is 2. The van der Waals surface area contributed by atoms with Gasteiger partial charge in [0, 0.05) is 18.0 Å². The predicted molar refractivity (Wildman–Crippen MR) is 83.3 cm³/mol. The van der Waals surface area contributed by atoms with Crippen molar-refractivity contribution >= 4 is 11.5 Å². The lowest BCUT2D eigenvalue weighted by Gasteiger charge is -2.32. The van der Waals surface area contributed by atoms with E-state index in [-0.39, 0.29) is 6.04 Å². The van der Waals surface area contributed by atoms with E-state index in [0.717, 1.165) is 25.1 Å². The van der Waals surface area contributed by atoms with Gasteiger partial charge in [0.1, 0.15) is 11.3 Å². The Morgan fingerprint density at radius 1 is 1.36 bits per heavy atom. The molecule has 0 aliphatic heterocycles. The first-order chi connectivity index (χ1) is 10.5. The zero-order chi connectivity index (χ0) is 15.6. The Morgan fingerprint density at radius 3 is 2.86 bits per heavy atom. The molecule has 2 N–H and O–H groups in total. The number of aromatic nitrogens is 5. The maximum atomic E-state index is 10.0. The fraction of sp³-hybridized carbons (Fsp3) is 0.714. The quantitative estimate of drug-likeness (QED) is 0.870. The highest BCUT2D eigenvalue weighted by atomic mass is 32.1. The van der Waals surface area contributed by atoms with E-state index >= 15 is 0 Å². The number of aliphatic hydroxyl groups is 1. The third-order valence-electron chi connectivity index (χ3n) is 4.16. The van der Waals surface area contributed by atoms with Crippen LogP contribution in [0.3, 0.4) is 0 Å². The van der Waals surface area contributed by atoms with Crippen LogP contribution in [0.15, 0.2) is 11.6 Å². The smallest absolute Gasteiger partial charge is 0.114 e. The molecule has 1 aliphatic carbocycles. The van der Waals surface area contributed by atoms with Crippen LogP contribution < -0.4 is 5.32 Å². The summed E-state index contributed by atoms with van der Waals surface area (Å²) in [5, 5.41) is 28.0. The summed E-state index contributed by atoms with van der Waals surface area (Å²) in [6.07, 6.45) is 6.46. The van der Waals surface area contributed by atoms with Crippen molar-refractivity contribution in [1.82, 2.24) is 29.9 Å². The summed E-state index contributed by atoms with van der Waals surface area (Å²) in [6.45, 7) is 4.19. The van der Waals surface area contributed by atoms with E-state index in [1.165, 1.54) is 24.4 Å². The second kappa shape index (κ2) is 6.39. The predicted octanol–water partition coefficient (Wildman–Crippen LogP) is 1.63. The molecule has 1 fully saturated rings. The molecule has 1 aliphatic rings. The molecule has 0 unspecified atom stereocenters. The van der Waals surface area contributed by atoms with Gasteiger partial charge in [0.25, 0.3) is 0 Å². The fourth-order valence-electron chi connectivity index (χ4n) is 2.88. The van der Waals surface area contributed by atoms with E-state index in [0.29, 0.717) is 11.7 Å². The van der Waals surface area contributed by atoms with E-state index in [2.05, 4.69) is 25.2 Å². The Bertz CT molecular complexity index is 591. The minimum absolute atomic E-state index is 0.268. The SMILES string of the molecule is CC(C)(O)c1cn([C@@H]2CCCC[C@@H]2NCc2csnn2)nn1. The molecular formula is C14H22N6OS. The zero-order valence-electron chi connectivity index (χ0n) is 12.9. The third kappa shape index (κ3) is 3.50. The molecule has 0 radical (unpaired) electrons. The first-order valence-corrected chi connectivity index (χ1v) is 8.52. The van der Waals surface area contributed by atoms with Crippen LogP contribution in [0.2, 0.25) is 0 Å². The summed E-state index contributed by atoms with van der Waals surface area (Å²) in [7, 11) is 0. The Balaban J connectivity index is 1.70. The van der Waals surface area contributed by atoms with Gasteiger partial charge in [-0.1, -0.05) is 22.5 Å². The summed E-state index contributed by atoms with van der Waals surface area (Å²) in [4.78, 5) is 0. The van der Waals surface area contributed by atoms with E-state index in [4.69, 9.17) is 0 Å². The van der Waals surface area contributed by atoms with Gasteiger partial charge < -0.3 is 10.4 Å². The number of rotatable bonds is 5. The van der Waals surface area contributed by atoms with Gasteiger partial charge in [0.2, 0.25) is 0 Å². The van der Waals surface area contributed by atoms with Crippen molar-refractivity contribution in [2.45, 2.75) is 63.8 Å². The molecule has 2 atom stereocenters. The van der Waals surface area contributed by atoms with Crippen molar-refractivity contribution in [1.29, 1.82) is 0 Å². The molecule has 22 heavy (non-hydrogen) atoms. The number of nitrogens with zero attached hydrogens (tertiary/aromatic N) is 5. The molecule has 2 heterocycles. The average molecular weight is 322 g/mol. The molecule has 0 bridgehead atoms. The largest absolute Gasteiger partial charge is 0.384 e. The van der Waals surface area contributed by atoms with Crippen LogP contribution in [0.4, 0.5) is 0 Å². The lowest BCUT2D eigenvalue weighted by atomic mass is 9.90. The molecule has 8 heteroatoms. The Morgan fingerprint density at radius 2 is 2.18 bits per heavy atom. The maximum absolute atomic E-state index is 10.0. The highest BCUT2D eigenvalue weighted by molar-refractivity contribution is 7.03. The van der Waals surface area contributed by atoms with Gasteiger partial charge in [-0.15, -0.1) is 10.2 Å². The van der Waals surface area contributed by atoms with Crippen molar-refractivity contribution in [3.63, 3.8) is 0 Å². The molecule has 2 aromatic heterocycles. The summed E-state index contributed by atoms with van der Waals surface area (Å²) in [6, 6.07) is 0.607. The lowest BCUT2D eigenvalue weighted by Crippen LogP contribution is -2.39. The molecule has 3 rings (SSSR count). The van der Waals surface area contributed by atoms with Crippen LogP contribution in [0, 0.1) is 0 Å². The molecule has 2 aromatic rings. The van der Waals surface area contributed by atoms with Crippen LogP contribution in [0.1, 0.15) is 57.0 Å². The second-order valence-electron chi connectivity index (χ2n) is 6.38. The summed E-state index contributed by atoms with van der Waals surface area (Å²) in [5.74, 6) is 0. The van der Waals surface area contributed by atoms with E-state index in [1.54, 1.807) is 13.8 Å². The number of nitrogens with one attached hydrogen (secondary N) is 1. The Kier molecular flexibility index (Phi) is 4.51. The van der Waals surface area contributed by atoms with Gasteiger partial charge in [0.05, 0.1) is 17.9 Å². The van der Waals surface area contributed by atoms with Gasteiger partial charge in [-0.05, 0) is 38.2 Å². The van der Waals surface area contributed by atoms with Crippen molar-refractivity contribution in [3.8, 4) is 0 Å². The molecule has 0 spiro atoms. The lowest BCUT2D eigenvalue weighted by molar-refractivity contribution is 0.0736. The highest BCUT2D eigenvalue weighted by Crippen LogP contribution is 2.29. The van der Waals surface area contributed by atoms with Gasteiger partial charge in [-0.2, -0.15) is 0 Å². The minimum Gasteiger partial charge on any atom is -0.384 e. The third-order valence-corrected chi connectivity index (χ3v) is 4.71. The summed E-state index contributed by atoms with van der Waals surface area (Å²) in [5.41, 5.74) is 0.632. The van der Waals surface area contributed by atoms with Crippen molar-refractivity contribution in [2.24, 2.45) is 0 Å². The topological polar surface area (TPSA) is 88.8 Å². The average Bonchev–Trinajstić information content (AvgIpc) is 3.16. The molecule has 0 amide bonds. The Labute approximate surface area is 133 Å². The second-order valence-corrected chi connectivity index (χ2v) is 6.99. The number of hydrogen-bond acceptors (Lipinski definition) is 7. The van der Waals surface area contributed by atoms with E-state index in [1.807, 2.05) is 16.3 Å². The molecule has 120 valence electrons. The van der Waals surface area contributed by atoms with Crippen LogP contribution in [0.25, 0.3) is 0 Å². The molecule has 7 nitrogen and oxygen atoms in total. The van der Waals surface area contributed by atoms with Crippen LogP contribution in [-0.4, -0.2) is 35.7 Å². The maximum Gasteiger partial charge on any atom is 0.114 e. The van der Waals surface area contributed by atoms with Crippen molar-refractivity contribution in [3.05, 3.63) is 23.0 Å². The van der Waals surface area contributed by atoms with Crippen LogP contribution >= 0.6 is 11.5 Å². The van der Waals surface area contributed by atoms with Gasteiger partial charge in [0.15, 0.2) is 0 Å². The van der Waals surface area contributed by atoms with Crippen LogP contribution in [0.5, 0.6) is 0 Å². The van der Waals surface area contributed by atoms with Gasteiger partial charge in [-0.3, -0.25) is 0 Å². The normalized spacial score (nSPS) is 22.9. The van der Waals surface area contributed by atoms with Crippen LogP contribution in [-0.2, 0) is 12.1 Å². The summed E-state index contributed by atoms with van der Waals surface area (Å²) >= 11 is 1.37. The molecule has 0 aromatic carbocycles. The first kappa shape index (κ1) is 15.5. The minimum atomic E-state index is -0.956. The van der Waals surface area contributed by atoms with Crippen molar-refractivity contribution < 1.29 is 5.11 Å². The molecular weight excluding hydrogens is 300 g/mol. The monoisotopic (exact) mass is 322 g/mol. The van der Waals surface area contributed by atoms with Gasteiger partial charge >= 0.3 is 0 Å². The fourth-order valence-corrected chi connectivity index (χ4v) is 3.33. The van der Waals surface area contributed by atoms with E-state index in [9.17, 15) is 5.11 Å². The Hall–Kier alpha value is -1.38. The first-order valence-electron chi connectivity index (χ1n) is 7.68. The molecule has 0 saturated heterocycles. The highest BCUT2D eigenvalue weighted by Gasteiger charge is 2.29. The molecule has 1 saturated carbocycles.